The molecule has 0 saturated carbocycles. The number of hydrogen-bond donors (Lipinski definition) is 3. The molecule has 0 spiro atoms. The minimum Gasteiger partial charge on any atom is -0.507 e. The van der Waals surface area contributed by atoms with E-state index in [1.807, 2.05) is 34.1 Å². The van der Waals surface area contributed by atoms with Crippen LogP contribution in [0.3, 0.4) is 0 Å². The zero-order valence-electron chi connectivity index (χ0n) is 30.2. The standard InChI is InChI=1S/C38H42N10O7/c49-32-4-2-1-3-27(32)29-18-31-34(42-41-29)39-19-24-20-46(13-14-47(24)31)38(54)44-11-9-43(10-12-44)21-25-22-45(15-16-55-25)23-5-6-26-28(17-23)37(53)48(36(26)52)30-7-8-33(50)40-35(30)51/h1-6,17-18,24-25,30,49H,7-16,19-22H2,(H,39,42)(H,40,50,51)/t24-,25?,30?/m0/s1. The molecule has 3 atom stereocenters. The number of para-hydroxylation sites is 1. The maximum Gasteiger partial charge on any atom is 0.320 e. The van der Waals surface area contributed by atoms with Crippen molar-refractivity contribution in [1.82, 2.24) is 35.1 Å². The maximum absolute atomic E-state index is 13.7. The zero-order chi connectivity index (χ0) is 37.8. The molecule has 286 valence electrons. The second-order valence-electron chi connectivity index (χ2n) is 14.8. The predicted octanol–water partition coefficient (Wildman–Crippen LogP) is 0.810. The molecule has 9 rings (SSSR count). The van der Waals surface area contributed by atoms with E-state index in [4.69, 9.17) is 4.74 Å². The van der Waals surface area contributed by atoms with Crippen molar-refractivity contribution in [3.05, 3.63) is 59.7 Å². The van der Waals surface area contributed by atoms with Gasteiger partial charge in [-0.1, -0.05) is 12.1 Å². The highest BCUT2D eigenvalue weighted by Crippen LogP contribution is 2.36. The van der Waals surface area contributed by atoms with Crippen LogP contribution >= 0.6 is 0 Å². The van der Waals surface area contributed by atoms with E-state index < -0.39 is 29.7 Å². The highest BCUT2D eigenvalue weighted by molar-refractivity contribution is 6.23. The predicted molar refractivity (Wildman–Crippen MR) is 199 cm³/mol. The molecule has 3 N–H and O–H groups in total. The monoisotopic (exact) mass is 750 g/mol. The van der Waals surface area contributed by atoms with E-state index in [0.29, 0.717) is 82.6 Å². The molecule has 4 saturated heterocycles. The van der Waals surface area contributed by atoms with Gasteiger partial charge in [-0.25, -0.2) is 4.79 Å². The van der Waals surface area contributed by atoms with Crippen LogP contribution in [0.5, 0.6) is 5.75 Å². The lowest BCUT2D eigenvalue weighted by molar-refractivity contribution is -0.136. The lowest BCUT2D eigenvalue weighted by Gasteiger charge is -2.47. The van der Waals surface area contributed by atoms with Crippen molar-refractivity contribution in [2.45, 2.75) is 31.0 Å². The molecule has 0 radical (unpaired) electrons. The zero-order valence-corrected chi connectivity index (χ0v) is 30.2. The number of amides is 6. The number of aromatic hydroxyl groups is 1. The van der Waals surface area contributed by atoms with E-state index in [1.165, 1.54) is 0 Å². The Kier molecular flexibility index (Phi) is 8.96. The lowest BCUT2D eigenvalue weighted by Crippen LogP contribution is -2.62. The van der Waals surface area contributed by atoms with Crippen LogP contribution in [-0.4, -0.2) is 161 Å². The Morgan fingerprint density at radius 3 is 2.47 bits per heavy atom. The van der Waals surface area contributed by atoms with Gasteiger partial charge in [0.2, 0.25) is 11.8 Å². The summed E-state index contributed by atoms with van der Waals surface area (Å²) in [7, 11) is 0. The lowest BCUT2D eigenvalue weighted by atomic mass is 10.0. The summed E-state index contributed by atoms with van der Waals surface area (Å²) in [6, 6.07) is 13.3. The van der Waals surface area contributed by atoms with Crippen molar-refractivity contribution in [3.8, 4) is 17.0 Å². The van der Waals surface area contributed by atoms with E-state index >= 15 is 0 Å². The molecule has 4 fully saturated rings. The summed E-state index contributed by atoms with van der Waals surface area (Å²) < 4.78 is 6.16. The Bertz CT molecular complexity index is 2070. The van der Waals surface area contributed by atoms with Crippen LogP contribution in [0.1, 0.15) is 33.6 Å². The molecular formula is C38H42N10O7. The summed E-state index contributed by atoms with van der Waals surface area (Å²) in [6.45, 7) is 7.59. The van der Waals surface area contributed by atoms with Gasteiger partial charge in [-0.15, -0.1) is 10.2 Å². The minimum absolute atomic E-state index is 0.0498. The number of nitrogens with one attached hydrogen (secondary N) is 2. The van der Waals surface area contributed by atoms with Gasteiger partial charge in [0, 0.05) is 89.7 Å². The van der Waals surface area contributed by atoms with E-state index in [0.717, 1.165) is 29.4 Å². The van der Waals surface area contributed by atoms with Gasteiger partial charge in [0.1, 0.15) is 11.8 Å². The number of urea groups is 1. The van der Waals surface area contributed by atoms with Crippen LogP contribution in [0.4, 0.5) is 22.0 Å². The number of phenols is 1. The second-order valence-corrected chi connectivity index (χ2v) is 14.8. The number of rotatable bonds is 5. The molecule has 55 heavy (non-hydrogen) atoms. The fourth-order valence-corrected chi connectivity index (χ4v) is 8.61. The van der Waals surface area contributed by atoms with Crippen molar-refractivity contribution in [1.29, 1.82) is 0 Å². The number of nitrogens with zero attached hydrogens (tertiary/aromatic N) is 8. The number of anilines is 3. The third-order valence-electron chi connectivity index (χ3n) is 11.6. The summed E-state index contributed by atoms with van der Waals surface area (Å²) in [5.74, 6) is -1.23. The first kappa shape index (κ1) is 34.9. The number of piperazine rings is 2. The SMILES string of the molecule is O=C1CCC(N2C(=O)c3ccc(N4CCOC(CN5CCN(C(=O)N6CCN7c8cc(-c9ccccc9O)nnc8NC[C@H]7C6)CC5)C4)cc3C2=O)C(=O)N1. The van der Waals surface area contributed by atoms with Crippen molar-refractivity contribution >= 4 is 46.9 Å². The Labute approximate surface area is 316 Å². The number of carbonyl (C=O) groups is 5. The number of aromatic nitrogens is 2. The quantitative estimate of drug-likeness (QED) is 0.312. The van der Waals surface area contributed by atoms with Gasteiger partial charge in [0.05, 0.1) is 41.3 Å². The van der Waals surface area contributed by atoms with Gasteiger partial charge in [-0.05, 0) is 42.8 Å². The maximum atomic E-state index is 13.7. The molecule has 17 heteroatoms. The molecule has 1 aromatic heterocycles. The summed E-state index contributed by atoms with van der Waals surface area (Å²) in [5.41, 5.74) is 3.46. The Hall–Kier alpha value is -5.81. The average molecular weight is 751 g/mol. The van der Waals surface area contributed by atoms with Crippen LogP contribution in [0, 0.1) is 0 Å². The topological polar surface area (TPSA) is 184 Å². The summed E-state index contributed by atoms with van der Waals surface area (Å²) >= 11 is 0. The normalized spacial score (nSPS) is 24.3. The number of benzene rings is 2. The van der Waals surface area contributed by atoms with E-state index in [9.17, 15) is 29.1 Å². The smallest absolute Gasteiger partial charge is 0.320 e. The molecule has 7 heterocycles. The van der Waals surface area contributed by atoms with Gasteiger partial charge < -0.3 is 34.8 Å². The van der Waals surface area contributed by atoms with Crippen molar-refractivity contribution in [2.75, 3.05) is 93.7 Å². The van der Waals surface area contributed by atoms with Gasteiger partial charge in [0.25, 0.3) is 11.8 Å². The molecule has 6 amide bonds. The van der Waals surface area contributed by atoms with Gasteiger partial charge in [0.15, 0.2) is 5.82 Å². The number of fused-ring (bicyclic) bond motifs is 4. The fraction of sp³-hybridized carbons (Fsp3) is 0.447. The number of phenolic OH excluding ortho intramolecular Hbond substituents is 1. The van der Waals surface area contributed by atoms with Gasteiger partial charge >= 0.3 is 6.03 Å². The summed E-state index contributed by atoms with van der Waals surface area (Å²) in [4.78, 5) is 76.0. The molecule has 17 nitrogen and oxygen atoms in total. The Morgan fingerprint density at radius 2 is 1.65 bits per heavy atom. The van der Waals surface area contributed by atoms with E-state index in [2.05, 4.69) is 35.5 Å². The Morgan fingerprint density at radius 1 is 0.855 bits per heavy atom. The van der Waals surface area contributed by atoms with Crippen LogP contribution in [0.15, 0.2) is 48.5 Å². The highest BCUT2D eigenvalue weighted by Gasteiger charge is 2.45. The fourth-order valence-electron chi connectivity index (χ4n) is 8.61. The van der Waals surface area contributed by atoms with Gasteiger partial charge in [-0.3, -0.25) is 34.3 Å². The first-order chi connectivity index (χ1) is 26.7. The number of carbonyl (C=O) groups excluding carboxylic acids is 5. The average Bonchev–Trinajstić information content (AvgIpc) is 3.45. The molecule has 0 bridgehead atoms. The van der Waals surface area contributed by atoms with Crippen LogP contribution in [0.25, 0.3) is 11.3 Å². The third-order valence-corrected chi connectivity index (χ3v) is 11.6. The number of hydrogen-bond acceptors (Lipinski definition) is 13. The molecule has 2 aromatic carbocycles. The largest absolute Gasteiger partial charge is 0.507 e. The number of piperidine rings is 1. The number of morpholine rings is 1. The Balaban J connectivity index is 0.775. The molecule has 3 aromatic rings. The first-order valence-corrected chi connectivity index (χ1v) is 18.9. The number of imide groups is 2. The number of ether oxygens (including phenoxy) is 1. The van der Waals surface area contributed by atoms with Crippen LogP contribution in [-0.2, 0) is 14.3 Å². The first-order valence-electron chi connectivity index (χ1n) is 18.9. The molecule has 0 aliphatic carbocycles. The van der Waals surface area contributed by atoms with Crippen molar-refractivity contribution < 1.29 is 33.8 Å². The van der Waals surface area contributed by atoms with E-state index in [-0.39, 0.29) is 47.9 Å². The van der Waals surface area contributed by atoms with Crippen LogP contribution in [0.2, 0.25) is 0 Å². The highest BCUT2D eigenvalue weighted by atomic mass is 16.5. The molecular weight excluding hydrogens is 708 g/mol. The van der Waals surface area contributed by atoms with Gasteiger partial charge in [-0.2, -0.15) is 0 Å². The molecule has 6 aliphatic heterocycles. The second kappa shape index (κ2) is 14.1. The van der Waals surface area contributed by atoms with Crippen molar-refractivity contribution in [2.24, 2.45) is 0 Å². The summed E-state index contributed by atoms with van der Waals surface area (Å²) in [5, 5.41) is 24.7. The van der Waals surface area contributed by atoms with E-state index in [1.54, 1.807) is 24.3 Å². The van der Waals surface area contributed by atoms with Crippen molar-refractivity contribution in [3.63, 3.8) is 0 Å². The van der Waals surface area contributed by atoms with Crippen LogP contribution < -0.4 is 20.4 Å². The summed E-state index contributed by atoms with van der Waals surface area (Å²) in [6.07, 6.45) is 0.0948. The minimum atomic E-state index is -1.00. The molecule has 6 aliphatic rings. The third kappa shape index (κ3) is 6.46. The molecule has 2 unspecified atom stereocenters.